The van der Waals surface area contributed by atoms with Gasteiger partial charge in [-0.2, -0.15) is 5.26 Å². The number of carbonyl (C=O) groups is 2. The zero-order valence-electron chi connectivity index (χ0n) is 22.2. The Hall–Kier alpha value is -4.77. The highest BCUT2D eigenvalue weighted by atomic mass is 16.5. The molecule has 1 fully saturated rings. The molecule has 0 spiro atoms. The second kappa shape index (κ2) is 9.84. The van der Waals surface area contributed by atoms with E-state index in [0.717, 1.165) is 16.8 Å². The second-order valence-corrected chi connectivity index (χ2v) is 9.75. The first-order valence-corrected chi connectivity index (χ1v) is 12.5. The Bertz CT molecular complexity index is 1540. The van der Waals surface area contributed by atoms with Crippen LogP contribution < -0.4 is 24.8 Å². The number of primary amides is 1. The van der Waals surface area contributed by atoms with E-state index in [1.165, 1.54) is 21.3 Å². The van der Waals surface area contributed by atoms with Gasteiger partial charge in [0.25, 0.3) is 0 Å². The second-order valence-electron chi connectivity index (χ2n) is 9.75. The van der Waals surface area contributed by atoms with Gasteiger partial charge in [0.1, 0.15) is 11.8 Å². The standard InChI is InChI=1S/C31H29N3O5/c1-18-8-11-23-19(14-18)10-13-26-31(17-32,30(33)36)27(20-9-12-24(38-3)25(16-20)39-4)28(34(23)26)29(35)21-6-5-7-22(15-21)37-2/h5-16,26-28H,1-4H3,(H2,33,36)/t26-,27-,28-,31+/m0/s1. The number of benzene rings is 3. The summed E-state index contributed by atoms with van der Waals surface area (Å²) in [4.78, 5) is 29.8. The Labute approximate surface area is 227 Å². The van der Waals surface area contributed by atoms with Crippen LogP contribution in [-0.2, 0) is 4.79 Å². The fourth-order valence-corrected chi connectivity index (χ4v) is 5.97. The molecule has 0 bridgehead atoms. The highest BCUT2D eigenvalue weighted by Gasteiger charge is 2.66. The van der Waals surface area contributed by atoms with Gasteiger partial charge in [-0.05, 0) is 54.4 Å². The molecule has 2 aliphatic heterocycles. The van der Waals surface area contributed by atoms with Crippen molar-refractivity contribution in [1.82, 2.24) is 0 Å². The van der Waals surface area contributed by atoms with Crippen LogP contribution in [0.15, 0.2) is 66.7 Å². The van der Waals surface area contributed by atoms with E-state index in [0.29, 0.717) is 28.4 Å². The maximum absolute atomic E-state index is 14.5. The molecule has 3 aromatic rings. The lowest BCUT2D eigenvalue weighted by Gasteiger charge is -2.36. The van der Waals surface area contributed by atoms with Crippen molar-refractivity contribution in [2.24, 2.45) is 11.1 Å². The zero-order valence-corrected chi connectivity index (χ0v) is 22.2. The van der Waals surface area contributed by atoms with Gasteiger partial charge >= 0.3 is 0 Å². The minimum atomic E-state index is -1.77. The normalized spacial score (nSPS) is 22.8. The maximum atomic E-state index is 14.5. The van der Waals surface area contributed by atoms with Crippen molar-refractivity contribution in [2.75, 3.05) is 26.2 Å². The molecule has 0 saturated carbocycles. The van der Waals surface area contributed by atoms with E-state index < -0.39 is 29.3 Å². The number of anilines is 1. The molecular formula is C31H29N3O5. The summed E-state index contributed by atoms with van der Waals surface area (Å²) in [5, 5.41) is 10.7. The molecule has 1 amide bonds. The Morgan fingerprint density at radius 3 is 2.41 bits per heavy atom. The Balaban J connectivity index is 1.81. The molecule has 2 N–H and O–H groups in total. The number of carbonyl (C=O) groups excluding carboxylic acids is 2. The Morgan fingerprint density at radius 1 is 0.974 bits per heavy atom. The lowest BCUT2D eigenvalue weighted by molar-refractivity contribution is -0.125. The molecule has 8 heteroatoms. The topological polar surface area (TPSA) is 115 Å². The van der Waals surface area contributed by atoms with Gasteiger partial charge in [-0.25, -0.2) is 0 Å². The SMILES string of the molecule is COc1cccc(C(=O)[C@@H]2[C@H](c3ccc(OC)c(OC)c3)[C@](C#N)(C(N)=O)[C@@H]3C=Cc4cc(C)ccc4N23)c1. The number of ketones is 1. The monoisotopic (exact) mass is 523 g/mol. The quantitative estimate of drug-likeness (QED) is 0.460. The lowest BCUT2D eigenvalue weighted by atomic mass is 9.67. The van der Waals surface area contributed by atoms with Gasteiger partial charge in [-0.3, -0.25) is 9.59 Å². The summed E-state index contributed by atoms with van der Waals surface area (Å²) in [6, 6.07) is 18.5. The molecule has 3 aromatic carbocycles. The fourth-order valence-electron chi connectivity index (χ4n) is 5.97. The smallest absolute Gasteiger partial charge is 0.241 e. The average Bonchev–Trinajstić information content (AvgIpc) is 3.27. The first-order chi connectivity index (χ1) is 18.8. The van der Waals surface area contributed by atoms with E-state index >= 15 is 0 Å². The summed E-state index contributed by atoms with van der Waals surface area (Å²) < 4.78 is 16.3. The molecule has 5 rings (SSSR count). The summed E-state index contributed by atoms with van der Waals surface area (Å²) in [5.41, 5.74) is 7.96. The largest absolute Gasteiger partial charge is 0.497 e. The van der Waals surface area contributed by atoms with Gasteiger partial charge in [0.2, 0.25) is 5.91 Å². The lowest BCUT2D eigenvalue weighted by Crippen LogP contribution is -2.49. The predicted molar refractivity (Wildman–Crippen MR) is 147 cm³/mol. The first kappa shape index (κ1) is 25.9. The van der Waals surface area contributed by atoms with Gasteiger partial charge in [-0.15, -0.1) is 0 Å². The summed E-state index contributed by atoms with van der Waals surface area (Å²) in [5.74, 6) is -0.584. The van der Waals surface area contributed by atoms with E-state index in [-0.39, 0.29) is 5.78 Å². The number of ether oxygens (including phenoxy) is 3. The van der Waals surface area contributed by atoms with E-state index in [1.807, 2.05) is 42.2 Å². The van der Waals surface area contributed by atoms with Crippen LogP contribution in [0, 0.1) is 23.7 Å². The number of Topliss-reactive ketones (excluding diaryl/α,β-unsaturated/α-hetero) is 1. The number of hydrogen-bond donors (Lipinski definition) is 1. The van der Waals surface area contributed by atoms with Crippen molar-refractivity contribution in [3.05, 3.63) is 89.0 Å². The fraction of sp³-hybridized carbons (Fsp3) is 0.258. The third kappa shape index (κ3) is 3.89. The Morgan fingerprint density at radius 2 is 1.74 bits per heavy atom. The highest BCUT2D eigenvalue weighted by molar-refractivity contribution is 6.06. The Kier molecular flexibility index (Phi) is 6.52. The van der Waals surface area contributed by atoms with Crippen LogP contribution in [-0.4, -0.2) is 45.1 Å². The molecule has 0 aliphatic carbocycles. The molecule has 39 heavy (non-hydrogen) atoms. The van der Waals surface area contributed by atoms with Crippen molar-refractivity contribution in [1.29, 1.82) is 5.26 Å². The first-order valence-electron chi connectivity index (χ1n) is 12.5. The van der Waals surface area contributed by atoms with Crippen molar-refractivity contribution >= 4 is 23.5 Å². The van der Waals surface area contributed by atoms with Crippen LogP contribution in [0.3, 0.4) is 0 Å². The molecule has 0 aromatic heterocycles. The van der Waals surface area contributed by atoms with Crippen molar-refractivity contribution in [3.63, 3.8) is 0 Å². The number of amides is 1. The highest BCUT2D eigenvalue weighted by Crippen LogP contribution is 2.56. The van der Waals surface area contributed by atoms with Crippen LogP contribution in [0.4, 0.5) is 5.69 Å². The number of methoxy groups -OCH3 is 3. The van der Waals surface area contributed by atoms with Crippen molar-refractivity contribution in [3.8, 4) is 23.3 Å². The van der Waals surface area contributed by atoms with E-state index in [1.54, 1.807) is 42.5 Å². The number of nitrogens with two attached hydrogens (primary N) is 1. The minimum absolute atomic E-state index is 0.265. The molecular weight excluding hydrogens is 494 g/mol. The van der Waals surface area contributed by atoms with Gasteiger partial charge < -0.3 is 24.8 Å². The van der Waals surface area contributed by atoms with Crippen LogP contribution in [0.1, 0.15) is 33.0 Å². The summed E-state index contributed by atoms with van der Waals surface area (Å²) >= 11 is 0. The van der Waals surface area contributed by atoms with Crippen LogP contribution >= 0.6 is 0 Å². The number of hydrogen-bond acceptors (Lipinski definition) is 7. The van der Waals surface area contributed by atoms with Crippen LogP contribution in [0.25, 0.3) is 6.08 Å². The van der Waals surface area contributed by atoms with Gasteiger partial charge in [0, 0.05) is 17.2 Å². The maximum Gasteiger partial charge on any atom is 0.241 e. The third-order valence-electron chi connectivity index (χ3n) is 7.77. The molecule has 2 heterocycles. The van der Waals surface area contributed by atoms with Gasteiger partial charge in [-0.1, -0.05) is 42.0 Å². The number of aryl methyl sites for hydroxylation is 1. The van der Waals surface area contributed by atoms with Crippen molar-refractivity contribution < 1.29 is 23.8 Å². The number of nitrogens with zero attached hydrogens (tertiary/aromatic N) is 2. The zero-order chi connectivity index (χ0) is 27.9. The molecule has 0 unspecified atom stereocenters. The summed E-state index contributed by atoms with van der Waals surface area (Å²) in [6.45, 7) is 1.98. The van der Waals surface area contributed by atoms with Crippen LogP contribution in [0.5, 0.6) is 17.2 Å². The van der Waals surface area contributed by atoms with E-state index in [2.05, 4.69) is 6.07 Å². The minimum Gasteiger partial charge on any atom is -0.497 e. The van der Waals surface area contributed by atoms with E-state index in [9.17, 15) is 14.9 Å². The predicted octanol–water partition coefficient (Wildman–Crippen LogP) is 4.27. The van der Waals surface area contributed by atoms with Gasteiger partial charge in [0.05, 0.1) is 33.4 Å². The summed E-state index contributed by atoms with van der Waals surface area (Å²) in [6.07, 6.45) is 3.70. The number of fused-ring (bicyclic) bond motifs is 3. The molecule has 1 saturated heterocycles. The number of nitriles is 1. The molecule has 2 aliphatic rings. The average molecular weight is 524 g/mol. The molecule has 8 nitrogen and oxygen atoms in total. The molecule has 0 radical (unpaired) electrons. The third-order valence-corrected chi connectivity index (χ3v) is 7.77. The van der Waals surface area contributed by atoms with E-state index in [4.69, 9.17) is 19.9 Å². The van der Waals surface area contributed by atoms with Crippen LogP contribution in [0.2, 0.25) is 0 Å². The van der Waals surface area contributed by atoms with Gasteiger partial charge in [0.15, 0.2) is 22.7 Å². The summed E-state index contributed by atoms with van der Waals surface area (Å²) in [7, 11) is 4.56. The van der Waals surface area contributed by atoms with Crippen molar-refractivity contribution in [2.45, 2.75) is 24.9 Å². The molecule has 4 atom stereocenters. The molecule has 198 valence electrons. The number of rotatable bonds is 7.